The molecule has 0 fully saturated rings. The van der Waals surface area contributed by atoms with Crippen molar-refractivity contribution in [3.05, 3.63) is 48.5 Å². The van der Waals surface area contributed by atoms with Crippen molar-refractivity contribution in [2.24, 2.45) is 0 Å². The number of nitrogens with zero attached hydrogens (tertiary/aromatic N) is 1. The summed E-state index contributed by atoms with van der Waals surface area (Å²) in [5, 5.41) is 2.64. The molecule has 7 nitrogen and oxygen atoms in total. The number of benzene rings is 2. The molecule has 0 aromatic heterocycles. The fraction of sp³-hybridized carbons (Fsp3) is 0.235. The van der Waals surface area contributed by atoms with Gasteiger partial charge >= 0.3 is 0 Å². The average molecular weight is 364 g/mol. The number of carbonyl (C=O) groups excluding carboxylic acids is 1. The van der Waals surface area contributed by atoms with E-state index in [1.54, 1.807) is 36.4 Å². The van der Waals surface area contributed by atoms with Crippen LogP contribution in [-0.2, 0) is 14.8 Å². The van der Waals surface area contributed by atoms with Crippen molar-refractivity contribution in [1.29, 1.82) is 0 Å². The Hall–Kier alpha value is -2.58. The predicted molar refractivity (Wildman–Crippen MR) is 94.4 cm³/mol. The lowest BCUT2D eigenvalue weighted by molar-refractivity contribution is -0.116. The van der Waals surface area contributed by atoms with Crippen LogP contribution in [0.3, 0.4) is 0 Å². The molecule has 0 atom stereocenters. The van der Waals surface area contributed by atoms with E-state index in [2.05, 4.69) is 5.32 Å². The number of amides is 1. The van der Waals surface area contributed by atoms with Crippen molar-refractivity contribution >= 4 is 21.6 Å². The van der Waals surface area contributed by atoms with Crippen LogP contribution in [-0.4, -0.2) is 46.4 Å². The van der Waals surface area contributed by atoms with Crippen LogP contribution in [0.2, 0.25) is 0 Å². The first kappa shape index (κ1) is 18.8. The molecule has 0 saturated carbocycles. The molecule has 8 heteroatoms. The summed E-state index contributed by atoms with van der Waals surface area (Å²) >= 11 is 0. The highest BCUT2D eigenvalue weighted by atomic mass is 32.2. The summed E-state index contributed by atoms with van der Waals surface area (Å²) < 4.78 is 36.1. The van der Waals surface area contributed by atoms with Crippen LogP contribution in [0.4, 0.5) is 5.69 Å². The second-order valence-electron chi connectivity index (χ2n) is 5.22. The topological polar surface area (TPSA) is 84.9 Å². The van der Waals surface area contributed by atoms with Crippen LogP contribution in [0.1, 0.15) is 0 Å². The second-order valence-corrected chi connectivity index (χ2v) is 7.27. The maximum absolute atomic E-state index is 12.4. The van der Waals surface area contributed by atoms with Gasteiger partial charge in [0.05, 0.1) is 25.7 Å². The zero-order chi connectivity index (χ0) is 18.4. The van der Waals surface area contributed by atoms with Gasteiger partial charge in [0, 0.05) is 30.9 Å². The van der Waals surface area contributed by atoms with Gasteiger partial charge in [-0.3, -0.25) is 4.79 Å². The average Bonchev–Trinajstić information content (AvgIpc) is 2.61. The van der Waals surface area contributed by atoms with Crippen molar-refractivity contribution < 1.29 is 22.7 Å². The number of carbonyl (C=O) groups is 1. The molecule has 0 spiro atoms. The van der Waals surface area contributed by atoms with Gasteiger partial charge in [0.25, 0.3) is 0 Å². The number of rotatable bonds is 7. The summed E-state index contributed by atoms with van der Waals surface area (Å²) in [7, 11) is 0.628. The van der Waals surface area contributed by atoms with Gasteiger partial charge in [0.15, 0.2) is 0 Å². The first-order valence-electron chi connectivity index (χ1n) is 7.41. The number of nitrogens with one attached hydrogen (secondary N) is 1. The highest BCUT2D eigenvalue weighted by Gasteiger charge is 2.22. The Morgan fingerprint density at radius 2 is 1.60 bits per heavy atom. The molecule has 0 unspecified atom stereocenters. The Balaban J connectivity index is 2.10. The van der Waals surface area contributed by atoms with E-state index >= 15 is 0 Å². The maximum Gasteiger partial charge on any atom is 0.243 e. The van der Waals surface area contributed by atoms with E-state index < -0.39 is 15.9 Å². The Bertz CT molecular complexity index is 815. The van der Waals surface area contributed by atoms with E-state index in [0.29, 0.717) is 17.2 Å². The third kappa shape index (κ3) is 4.71. The number of methoxy groups -OCH3 is 2. The summed E-state index contributed by atoms with van der Waals surface area (Å²) in [6, 6.07) is 12.8. The normalized spacial score (nSPS) is 11.2. The van der Waals surface area contributed by atoms with Crippen LogP contribution in [0, 0.1) is 0 Å². The van der Waals surface area contributed by atoms with Crippen LogP contribution < -0.4 is 14.8 Å². The summed E-state index contributed by atoms with van der Waals surface area (Å²) in [6.07, 6.45) is 0. The number of likely N-dealkylation sites (N-methyl/N-ethyl adjacent to an activating group) is 1. The molecule has 1 N–H and O–H groups in total. The molecule has 2 aromatic rings. The molecule has 2 aromatic carbocycles. The van der Waals surface area contributed by atoms with Gasteiger partial charge in [-0.25, -0.2) is 8.42 Å². The van der Waals surface area contributed by atoms with Gasteiger partial charge in [-0.2, -0.15) is 4.31 Å². The molecule has 0 saturated heterocycles. The fourth-order valence-corrected chi connectivity index (χ4v) is 3.29. The smallest absolute Gasteiger partial charge is 0.243 e. The van der Waals surface area contributed by atoms with Crippen LogP contribution in [0.5, 0.6) is 11.5 Å². The monoisotopic (exact) mass is 364 g/mol. The van der Waals surface area contributed by atoms with E-state index in [4.69, 9.17) is 9.47 Å². The molecular weight excluding hydrogens is 344 g/mol. The number of ether oxygens (including phenoxy) is 2. The fourth-order valence-electron chi connectivity index (χ4n) is 2.14. The van der Waals surface area contributed by atoms with E-state index in [1.165, 1.54) is 33.4 Å². The molecule has 0 aliphatic heterocycles. The quantitative estimate of drug-likeness (QED) is 0.812. The highest BCUT2D eigenvalue weighted by Crippen LogP contribution is 2.25. The molecule has 0 aliphatic rings. The lowest BCUT2D eigenvalue weighted by Gasteiger charge is -2.17. The largest absolute Gasteiger partial charge is 0.497 e. The van der Waals surface area contributed by atoms with E-state index in [1.807, 2.05) is 0 Å². The first-order chi connectivity index (χ1) is 11.9. The molecular formula is C17H20N2O5S. The molecule has 0 aliphatic carbocycles. The van der Waals surface area contributed by atoms with Crippen molar-refractivity contribution in [3.63, 3.8) is 0 Å². The Morgan fingerprint density at radius 1 is 1.04 bits per heavy atom. The third-order valence-corrected chi connectivity index (χ3v) is 5.27. The van der Waals surface area contributed by atoms with Gasteiger partial charge in [0.2, 0.25) is 15.9 Å². The van der Waals surface area contributed by atoms with Crippen LogP contribution in [0.15, 0.2) is 53.4 Å². The lowest BCUT2D eigenvalue weighted by atomic mass is 10.2. The van der Waals surface area contributed by atoms with Gasteiger partial charge in [0.1, 0.15) is 11.5 Å². The van der Waals surface area contributed by atoms with Gasteiger partial charge in [-0.15, -0.1) is 0 Å². The van der Waals surface area contributed by atoms with Crippen LogP contribution >= 0.6 is 0 Å². The number of sulfonamides is 1. The first-order valence-corrected chi connectivity index (χ1v) is 8.85. The Labute approximate surface area is 147 Å². The maximum atomic E-state index is 12.4. The van der Waals surface area contributed by atoms with Crippen LogP contribution in [0.25, 0.3) is 0 Å². The molecule has 134 valence electrons. The standard InChI is InChI=1S/C17H20N2O5S/c1-19(25(21,22)16-7-5-4-6-8-16)12-17(20)18-13-9-14(23-2)11-15(10-13)24-3/h4-11H,12H2,1-3H3,(H,18,20). The minimum Gasteiger partial charge on any atom is -0.497 e. The molecule has 2 rings (SSSR count). The molecule has 0 heterocycles. The third-order valence-electron chi connectivity index (χ3n) is 3.45. The van der Waals surface area contributed by atoms with Crippen molar-refractivity contribution in [2.75, 3.05) is 33.1 Å². The predicted octanol–water partition coefficient (Wildman–Crippen LogP) is 1.96. The minimum atomic E-state index is -3.73. The molecule has 0 radical (unpaired) electrons. The van der Waals surface area contributed by atoms with Crippen molar-refractivity contribution in [2.45, 2.75) is 4.90 Å². The zero-order valence-corrected chi connectivity index (χ0v) is 15.0. The minimum absolute atomic E-state index is 0.133. The van der Waals surface area contributed by atoms with E-state index in [-0.39, 0.29) is 11.4 Å². The van der Waals surface area contributed by atoms with Gasteiger partial charge in [-0.05, 0) is 12.1 Å². The lowest BCUT2D eigenvalue weighted by Crippen LogP contribution is -2.34. The SMILES string of the molecule is COc1cc(NC(=O)CN(C)S(=O)(=O)c2ccccc2)cc(OC)c1. The summed E-state index contributed by atoms with van der Waals surface area (Å²) in [4.78, 5) is 12.3. The number of hydrogen-bond acceptors (Lipinski definition) is 5. The summed E-state index contributed by atoms with van der Waals surface area (Å²) in [6.45, 7) is -0.323. The van der Waals surface area contributed by atoms with Gasteiger partial charge < -0.3 is 14.8 Å². The molecule has 25 heavy (non-hydrogen) atoms. The van der Waals surface area contributed by atoms with E-state index in [9.17, 15) is 13.2 Å². The summed E-state index contributed by atoms with van der Waals surface area (Å²) in [5.74, 6) is 0.553. The van der Waals surface area contributed by atoms with Gasteiger partial charge in [-0.1, -0.05) is 18.2 Å². The molecule has 0 bridgehead atoms. The second kappa shape index (κ2) is 8.00. The number of anilines is 1. The summed E-state index contributed by atoms with van der Waals surface area (Å²) in [5.41, 5.74) is 0.451. The number of hydrogen-bond donors (Lipinski definition) is 1. The highest BCUT2D eigenvalue weighted by molar-refractivity contribution is 7.89. The molecule has 1 amide bonds. The van der Waals surface area contributed by atoms with Crippen molar-refractivity contribution in [3.8, 4) is 11.5 Å². The van der Waals surface area contributed by atoms with E-state index in [0.717, 1.165) is 4.31 Å². The zero-order valence-electron chi connectivity index (χ0n) is 14.2. The Morgan fingerprint density at radius 3 is 2.12 bits per heavy atom. The van der Waals surface area contributed by atoms with Crippen molar-refractivity contribution in [1.82, 2.24) is 4.31 Å². The Kier molecular flexibility index (Phi) is 6.00.